The highest BCUT2D eigenvalue weighted by molar-refractivity contribution is 7.99. The Bertz CT molecular complexity index is 2710. The molecule has 2 fully saturated rings. The molecule has 0 spiro atoms. The molecule has 0 unspecified atom stereocenters. The van der Waals surface area contributed by atoms with E-state index >= 15 is 0 Å². The van der Waals surface area contributed by atoms with Gasteiger partial charge in [-0.1, -0.05) is 37.6 Å². The lowest BCUT2D eigenvalue weighted by atomic mass is 10.0. The summed E-state index contributed by atoms with van der Waals surface area (Å²) in [6.45, 7) is 10.2. The van der Waals surface area contributed by atoms with E-state index in [4.69, 9.17) is 16.7 Å². The molecule has 358 valence electrons. The molecule has 0 atom stereocenters. The number of fused-ring (bicyclic) bond motifs is 2. The summed E-state index contributed by atoms with van der Waals surface area (Å²) >= 11 is 7.65. The third kappa shape index (κ3) is 13.3. The zero-order valence-electron chi connectivity index (χ0n) is 37.4. The molecule has 67 heavy (non-hydrogen) atoms. The molecule has 2 amide bonds. The standard InChI is InChI=1S/C26H33F3N6OS.C20H19ClF3N5O/c1-4-34(5-2)12-13-37-23-15-21(30-11-10-26(27,28)29)24-31-16-22(35(24)33-23)18-6-9-20(17(3)14-18)25(36)32-19-7-8-19;1-11-8-12(2-5-14(11)19(30)27-13-3-4-13)16-10-26-18-15(9-17(21)28-29(16)18)25-7-6-20(22,23)24/h6,9,14-16,19,30H,4-5,7-8,10-13H2,1-3H3,(H,32,36);2,5,8-10,13,25H,3-4,6-7H2,1H3,(H,27,30). The van der Waals surface area contributed by atoms with Gasteiger partial charge >= 0.3 is 12.4 Å². The van der Waals surface area contributed by atoms with Crippen LogP contribution in [-0.4, -0.2) is 109 Å². The van der Waals surface area contributed by atoms with Gasteiger partial charge in [0, 0.05) is 65.8 Å². The largest absolute Gasteiger partial charge is 0.390 e. The van der Waals surface area contributed by atoms with Crippen LogP contribution in [-0.2, 0) is 0 Å². The van der Waals surface area contributed by atoms with Crippen LogP contribution in [0.4, 0.5) is 37.7 Å². The van der Waals surface area contributed by atoms with Crippen molar-refractivity contribution in [1.29, 1.82) is 0 Å². The molecule has 0 aliphatic heterocycles. The summed E-state index contributed by atoms with van der Waals surface area (Å²) in [5, 5.41) is 21.4. The first kappa shape index (κ1) is 49.3. The van der Waals surface area contributed by atoms with Gasteiger partial charge < -0.3 is 26.2 Å². The van der Waals surface area contributed by atoms with Crippen LogP contribution >= 0.6 is 23.4 Å². The number of aromatic nitrogens is 6. The van der Waals surface area contributed by atoms with Crippen LogP contribution in [0.15, 0.2) is 66.0 Å². The van der Waals surface area contributed by atoms with Gasteiger partial charge in [0.25, 0.3) is 11.8 Å². The van der Waals surface area contributed by atoms with E-state index in [2.05, 4.69) is 55.1 Å². The Labute approximate surface area is 392 Å². The van der Waals surface area contributed by atoms with Gasteiger partial charge in [-0.25, -0.2) is 19.0 Å². The average molecular weight is 973 g/mol. The molecule has 4 N–H and O–H groups in total. The second-order valence-electron chi connectivity index (χ2n) is 16.5. The van der Waals surface area contributed by atoms with E-state index in [-0.39, 0.29) is 42.1 Å². The predicted octanol–water partition coefficient (Wildman–Crippen LogP) is 10.0. The minimum absolute atomic E-state index is 0.0779. The number of hydrogen-bond donors (Lipinski definition) is 4. The first-order chi connectivity index (χ1) is 31.9. The molecule has 6 aromatic rings. The number of nitrogens with one attached hydrogen (secondary N) is 4. The summed E-state index contributed by atoms with van der Waals surface area (Å²) in [6, 6.07) is 14.7. The summed E-state index contributed by atoms with van der Waals surface area (Å²) < 4.78 is 78.8. The number of aryl methyl sites for hydroxylation is 2. The van der Waals surface area contributed by atoms with Gasteiger partial charge in [0.2, 0.25) is 0 Å². The van der Waals surface area contributed by atoms with Crippen molar-refractivity contribution in [3.05, 3.63) is 88.3 Å². The number of amides is 2. The van der Waals surface area contributed by atoms with Crippen molar-refractivity contribution in [2.45, 2.75) is 95.7 Å². The van der Waals surface area contributed by atoms with Crippen molar-refractivity contribution < 1.29 is 35.9 Å². The van der Waals surface area contributed by atoms with Gasteiger partial charge in [-0.2, -0.15) is 36.5 Å². The van der Waals surface area contributed by atoms with E-state index < -0.39 is 25.2 Å². The molecule has 2 aliphatic carbocycles. The molecule has 4 aromatic heterocycles. The van der Waals surface area contributed by atoms with Gasteiger partial charge in [0.05, 0.1) is 48.0 Å². The number of carbonyl (C=O) groups excluding carboxylic acids is 2. The zero-order valence-corrected chi connectivity index (χ0v) is 39.0. The van der Waals surface area contributed by atoms with E-state index in [1.54, 1.807) is 52.9 Å². The minimum Gasteiger partial charge on any atom is -0.382 e. The van der Waals surface area contributed by atoms with Gasteiger partial charge in [-0.15, -0.1) is 11.8 Å². The van der Waals surface area contributed by atoms with E-state index in [1.807, 2.05) is 32.0 Å². The van der Waals surface area contributed by atoms with Crippen molar-refractivity contribution in [2.75, 3.05) is 49.1 Å². The Kier molecular flexibility index (Phi) is 15.6. The summed E-state index contributed by atoms with van der Waals surface area (Å²) in [5.74, 6) is 0.624. The highest BCUT2D eigenvalue weighted by Gasteiger charge is 2.29. The first-order valence-electron chi connectivity index (χ1n) is 22.1. The lowest BCUT2D eigenvalue weighted by molar-refractivity contribution is -0.132. The fraction of sp³-hybridized carbons (Fsp3) is 0.435. The maximum atomic E-state index is 12.8. The maximum Gasteiger partial charge on any atom is 0.390 e. The van der Waals surface area contributed by atoms with Crippen molar-refractivity contribution in [3.63, 3.8) is 0 Å². The number of thioether (sulfide) groups is 1. The summed E-state index contributed by atoms with van der Waals surface area (Å²) in [7, 11) is 0. The number of imidazole rings is 2. The maximum absolute atomic E-state index is 12.8. The van der Waals surface area contributed by atoms with Crippen LogP contribution in [0.1, 0.15) is 84.2 Å². The normalized spacial score (nSPS) is 14.0. The SMILES string of the molecule is CCN(CC)CCSc1cc(NCCC(F)(F)F)c2ncc(-c3ccc(C(=O)NC4CC4)c(C)c3)n2n1.Cc1cc(-c2cnc3c(NCCC(F)(F)F)cc(Cl)nn23)ccc1C(=O)NC1CC1. The lowest BCUT2D eigenvalue weighted by Crippen LogP contribution is -2.26. The monoisotopic (exact) mass is 971 g/mol. The van der Waals surface area contributed by atoms with Crippen molar-refractivity contribution in [3.8, 4) is 22.5 Å². The molecule has 13 nitrogen and oxygen atoms in total. The highest BCUT2D eigenvalue weighted by Crippen LogP contribution is 2.32. The molecule has 2 saturated carbocycles. The third-order valence-corrected chi connectivity index (χ3v) is 12.3. The average Bonchev–Trinajstić information content (AvgIpc) is 4.18. The van der Waals surface area contributed by atoms with Crippen LogP contribution < -0.4 is 21.3 Å². The molecular formula is C46H52ClF6N11O2S. The van der Waals surface area contributed by atoms with Crippen LogP contribution in [0.2, 0.25) is 5.15 Å². The molecule has 21 heteroatoms. The lowest BCUT2D eigenvalue weighted by Gasteiger charge is -2.17. The van der Waals surface area contributed by atoms with Crippen LogP contribution in [0.3, 0.4) is 0 Å². The fourth-order valence-corrected chi connectivity index (χ4v) is 8.33. The summed E-state index contributed by atoms with van der Waals surface area (Å²) in [5.41, 5.74) is 7.45. The topological polar surface area (TPSA) is 146 Å². The summed E-state index contributed by atoms with van der Waals surface area (Å²) in [4.78, 5) is 36.0. The molecule has 2 aromatic carbocycles. The van der Waals surface area contributed by atoms with Crippen LogP contribution in [0, 0.1) is 13.8 Å². The number of hydrogen-bond acceptors (Lipinski definition) is 10. The predicted molar refractivity (Wildman–Crippen MR) is 249 cm³/mol. The number of carbonyl (C=O) groups is 2. The molecule has 0 bridgehead atoms. The molecule has 0 radical (unpaired) electrons. The molecule has 8 rings (SSSR count). The Morgan fingerprint density at radius 1 is 0.716 bits per heavy atom. The van der Waals surface area contributed by atoms with Gasteiger partial charge in [-0.05, 0) is 94.1 Å². The second kappa shape index (κ2) is 21.1. The number of anilines is 2. The molecule has 2 aliphatic rings. The number of benzene rings is 2. The molecule has 4 heterocycles. The van der Waals surface area contributed by atoms with Gasteiger partial charge in [-0.3, -0.25) is 9.59 Å². The Morgan fingerprint density at radius 2 is 1.18 bits per heavy atom. The van der Waals surface area contributed by atoms with Crippen LogP contribution in [0.5, 0.6) is 0 Å². The zero-order chi connectivity index (χ0) is 48.0. The van der Waals surface area contributed by atoms with Crippen LogP contribution in [0.25, 0.3) is 33.8 Å². The minimum atomic E-state index is -4.26. The first-order valence-corrected chi connectivity index (χ1v) is 23.5. The molecule has 0 saturated heterocycles. The quantitative estimate of drug-likeness (QED) is 0.0485. The van der Waals surface area contributed by atoms with Gasteiger partial charge in [0.1, 0.15) is 5.03 Å². The van der Waals surface area contributed by atoms with Gasteiger partial charge in [0.15, 0.2) is 16.4 Å². The van der Waals surface area contributed by atoms with Crippen molar-refractivity contribution in [2.24, 2.45) is 0 Å². The van der Waals surface area contributed by atoms with Crippen molar-refractivity contribution >= 4 is 57.8 Å². The van der Waals surface area contributed by atoms with Crippen molar-refractivity contribution in [1.82, 2.24) is 44.7 Å². The van der Waals surface area contributed by atoms with E-state index in [9.17, 15) is 35.9 Å². The number of nitrogens with zero attached hydrogens (tertiary/aromatic N) is 7. The number of alkyl halides is 6. The highest BCUT2D eigenvalue weighted by atomic mass is 35.5. The Hall–Kier alpha value is -5.60. The Balaban J connectivity index is 0.000000203. The van der Waals surface area contributed by atoms with E-state index in [1.165, 1.54) is 10.6 Å². The van der Waals surface area contributed by atoms with E-state index in [0.29, 0.717) is 50.2 Å². The molecular weight excluding hydrogens is 920 g/mol. The fourth-order valence-electron chi connectivity index (χ4n) is 7.24. The smallest absolute Gasteiger partial charge is 0.382 e. The summed E-state index contributed by atoms with van der Waals surface area (Å²) in [6.07, 6.45) is -3.12. The number of halogens is 7. The number of rotatable bonds is 18. The second-order valence-corrected chi connectivity index (χ2v) is 18.1. The third-order valence-electron chi connectivity index (χ3n) is 11.2. The van der Waals surface area contributed by atoms with E-state index in [0.717, 1.165) is 73.3 Å². The Morgan fingerprint density at radius 3 is 1.61 bits per heavy atom.